The van der Waals surface area contributed by atoms with Crippen LogP contribution in [0.4, 0.5) is 0 Å². The van der Waals surface area contributed by atoms with Crippen LogP contribution in [0.5, 0.6) is 11.5 Å². The molecule has 1 atom stereocenters. The molecule has 0 fully saturated rings. The van der Waals surface area contributed by atoms with Crippen molar-refractivity contribution in [3.05, 3.63) is 36.9 Å². The van der Waals surface area contributed by atoms with Gasteiger partial charge in [0, 0.05) is 0 Å². The van der Waals surface area contributed by atoms with E-state index in [0.717, 1.165) is 6.92 Å². The maximum absolute atomic E-state index is 12.9. The molecule has 0 amide bonds. The van der Waals surface area contributed by atoms with E-state index in [1.165, 1.54) is 6.08 Å². The highest BCUT2D eigenvalue weighted by atomic mass is 16.6. The summed E-state index contributed by atoms with van der Waals surface area (Å²) in [4.78, 5) is 38.4. The number of ether oxygens (including phenoxy) is 4. The molecule has 0 spiro atoms. The Bertz CT molecular complexity index is 706. The number of rotatable bonds is 7. The zero-order valence-corrected chi connectivity index (χ0v) is 15.1. The first-order valence-electron chi connectivity index (χ1n) is 8.29. The molecule has 0 bridgehead atoms. The summed E-state index contributed by atoms with van der Waals surface area (Å²) in [6.45, 7) is 7.60. The van der Waals surface area contributed by atoms with Crippen molar-refractivity contribution in [3.8, 4) is 11.5 Å². The van der Waals surface area contributed by atoms with E-state index in [9.17, 15) is 14.4 Å². The fourth-order valence-electron chi connectivity index (χ4n) is 3.00. The molecule has 0 radical (unpaired) electrons. The van der Waals surface area contributed by atoms with Gasteiger partial charge in [-0.05, 0) is 39.0 Å². The number of Topliss-reactive ketones (excluding diaryl/α,β-unsaturated/α-hetero) is 1. The predicted octanol–water partition coefficient (Wildman–Crippen LogP) is 2.08. The van der Waals surface area contributed by atoms with Crippen molar-refractivity contribution in [2.24, 2.45) is 5.41 Å². The summed E-state index contributed by atoms with van der Waals surface area (Å²) in [5.41, 5.74) is -4.21. The minimum atomic E-state index is -2.39. The lowest BCUT2D eigenvalue weighted by molar-refractivity contribution is -0.191. The molecule has 26 heavy (non-hydrogen) atoms. The zero-order chi connectivity index (χ0) is 19.4. The van der Waals surface area contributed by atoms with Crippen LogP contribution >= 0.6 is 0 Å². The molecule has 0 saturated carbocycles. The zero-order valence-electron chi connectivity index (χ0n) is 15.1. The normalized spacial score (nSPS) is 18.6. The van der Waals surface area contributed by atoms with E-state index >= 15 is 0 Å². The minimum Gasteiger partial charge on any atom is -0.485 e. The highest BCUT2D eigenvalue weighted by molar-refractivity contribution is 6.21. The van der Waals surface area contributed by atoms with Crippen LogP contribution in [0.25, 0.3) is 0 Å². The lowest BCUT2D eigenvalue weighted by Crippen LogP contribution is -2.68. The number of hydrogen-bond donors (Lipinski definition) is 0. The van der Waals surface area contributed by atoms with Gasteiger partial charge in [-0.15, -0.1) is 0 Å². The van der Waals surface area contributed by atoms with Gasteiger partial charge in [-0.1, -0.05) is 18.7 Å². The second kappa shape index (κ2) is 7.59. The summed E-state index contributed by atoms with van der Waals surface area (Å²) >= 11 is 0. The SMILES string of the molecule is C=CC1(C(C(C)=O)(C(=O)OCC)C(=O)OCC)COc2ccccc2O1. The van der Waals surface area contributed by atoms with E-state index in [4.69, 9.17) is 18.9 Å². The van der Waals surface area contributed by atoms with Crippen molar-refractivity contribution in [1.82, 2.24) is 0 Å². The second-order valence-electron chi connectivity index (χ2n) is 5.68. The molecule has 1 aliphatic heterocycles. The Morgan fingerprint density at radius 2 is 1.69 bits per heavy atom. The molecule has 0 saturated heterocycles. The minimum absolute atomic E-state index is 0.0298. The molecule has 1 aromatic rings. The Kier molecular flexibility index (Phi) is 5.69. The van der Waals surface area contributed by atoms with E-state index in [1.54, 1.807) is 38.1 Å². The van der Waals surface area contributed by atoms with E-state index in [2.05, 4.69) is 6.58 Å². The van der Waals surface area contributed by atoms with Gasteiger partial charge in [0.1, 0.15) is 6.61 Å². The molecule has 1 unspecified atom stereocenters. The summed E-state index contributed by atoms with van der Waals surface area (Å²) in [6, 6.07) is 6.73. The third-order valence-electron chi connectivity index (χ3n) is 4.24. The van der Waals surface area contributed by atoms with Gasteiger partial charge in [0.05, 0.1) is 13.2 Å². The fourth-order valence-corrected chi connectivity index (χ4v) is 3.00. The smallest absolute Gasteiger partial charge is 0.335 e. The average Bonchev–Trinajstić information content (AvgIpc) is 2.62. The lowest BCUT2D eigenvalue weighted by atomic mass is 9.68. The number of carbonyl (C=O) groups excluding carboxylic acids is 3. The molecule has 2 rings (SSSR count). The summed E-state index contributed by atoms with van der Waals surface area (Å²) < 4.78 is 21.8. The highest BCUT2D eigenvalue weighted by Gasteiger charge is 2.70. The first-order chi connectivity index (χ1) is 12.4. The molecule has 1 aromatic carbocycles. The van der Waals surface area contributed by atoms with E-state index in [0.29, 0.717) is 5.75 Å². The van der Waals surface area contributed by atoms with Crippen molar-refractivity contribution < 1.29 is 33.3 Å². The first kappa shape index (κ1) is 19.5. The Labute approximate surface area is 151 Å². The standard InChI is InChI=1S/C19H22O7/c1-5-18(12-25-14-10-8-9-11-15(14)26-18)19(13(4)20,16(21)23-6-2)17(22)24-7-3/h5,8-11H,1,6-7,12H2,2-4H3. The van der Waals surface area contributed by atoms with Gasteiger partial charge in [0.15, 0.2) is 22.9 Å². The Hall–Kier alpha value is -2.83. The van der Waals surface area contributed by atoms with Crippen molar-refractivity contribution in [1.29, 1.82) is 0 Å². The summed E-state index contributed by atoms with van der Waals surface area (Å²) in [5.74, 6) is -2.20. The molecule has 1 heterocycles. The van der Waals surface area contributed by atoms with Gasteiger partial charge in [-0.3, -0.25) is 14.4 Å². The van der Waals surface area contributed by atoms with Crippen molar-refractivity contribution in [2.75, 3.05) is 19.8 Å². The van der Waals surface area contributed by atoms with Crippen LogP contribution in [0.1, 0.15) is 20.8 Å². The Morgan fingerprint density at radius 1 is 1.15 bits per heavy atom. The van der Waals surface area contributed by atoms with E-state index in [-0.39, 0.29) is 25.6 Å². The molecule has 0 N–H and O–H groups in total. The number of hydrogen-bond acceptors (Lipinski definition) is 7. The van der Waals surface area contributed by atoms with Gasteiger partial charge in [0.25, 0.3) is 5.41 Å². The summed E-state index contributed by atoms with van der Waals surface area (Å²) in [6.07, 6.45) is 1.22. The monoisotopic (exact) mass is 362 g/mol. The third-order valence-corrected chi connectivity index (χ3v) is 4.24. The molecule has 140 valence electrons. The Morgan fingerprint density at radius 3 is 2.15 bits per heavy atom. The summed E-state index contributed by atoms with van der Waals surface area (Å²) in [5, 5.41) is 0. The lowest BCUT2D eigenvalue weighted by Gasteiger charge is -2.45. The van der Waals surface area contributed by atoms with Gasteiger partial charge in [-0.25, -0.2) is 0 Å². The number of carbonyl (C=O) groups is 3. The van der Waals surface area contributed by atoms with Crippen LogP contribution in [0.15, 0.2) is 36.9 Å². The van der Waals surface area contributed by atoms with Gasteiger partial charge >= 0.3 is 11.9 Å². The fraction of sp³-hybridized carbons (Fsp3) is 0.421. The van der Waals surface area contributed by atoms with E-state index < -0.39 is 28.7 Å². The topological polar surface area (TPSA) is 88.1 Å². The molecule has 1 aliphatic rings. The number of ketones is 1. The quantitative estimate of drug-likeness (QED) is 0.417. The van der Waals surface area contributed by atoms with Crippen LogP contribution in [0, 0.1) is 5.41 Å². The maximum Gasteiger partial charge on any atom is 0.335 e. The van der Waals surface area contributed by atoms with Crippen LogP contribution in [0.3, 0.4) is 0 Å². The largest absolute Gasteiger partial charge is 0.485 e. The second-order valence-corrected chi connectivity index (χ2v) is 5.68. The molecular weight excluding hydrogens is 340 g/mol. The molecule has 0 aliphatic carbocycles. The molecule has 7 nitrogen and oxygen atoms in total. The Balaban J connectivity index is 2.69. The number of benzene rings is 1. The average molecular weight is 362 g/mol. The molecular formula is C19H22O7. The van der Waals surface area contributed by atoms with Crippen LogP contribution in [0.2, 0.25) is 0 Å². The first-order valence-corrected chi connectivity index (χ1v) is 8.29. The van der Waals surface area contributed by atoms with Gasteiger partial charge in [0.2, 0.25) is 0 Å². The summed E-state index contributed by atoms with van der Waals surface area (Å²) in [7, 11) is 0. The molecule has 7 heteroatoms. The van der Waals surface area contributed by atoms with Gasteiger partial charge in [-0.2, -0.15) is 0 Å². The van der Waals surface area contributed by atoms with Gasteiger partial charge < -0.3 is 18.9 Å². The van der Waals surface area contributed by atoms with Crippen molar-refractivity contribution in [3.63, 3.8) is 0 Å². The maximum atomic E-state index is 12.9. The van der Waals surface area contributed by atoms with Crippen molar-refractivity contribution >= 4 is 17.7 Å². The van der Waals surface area contributed by atoms with Crippen molar-refractivity contribution in [2.45, 2.75) is 26.4 Å². The van der Waals surface area contributed by atoms with E-state index in [1.807, 2.05) is 0 Å². The van der Waals surface area contributed by atoms with Crippen LogP contribution in [-0.4, -0.2) is 43.1 Å². The van der Waals surface area contributed by atoms with Crippen LogP contribution in [-0.2, 0) is 23.9 Å². The predicted molar refractivity (Wildman–Crippen MR) is 91.9 cm³/mol. The number of fused-ring (bicyclic) bond motifs is 1. The number of esters is 2. The highest BCUT2D eigenvalue weighted by Crippen LogP contribution is 2.46. The number of para-hydroxylation sites is 2. The van der Waals surface area contributed by atoms with Crippen LogP contribution < -0.4 is 9.47 Å². The molecule has 0 aromatic heterocycles. The third kappa shape index (κ3) is 2.83.